The number of hydrogen-bond acceptors (Lipinski definition) is 5. The smallest absolute Gasteiger partial charge is 0.310 e. The summed E-state index contributed by atoms with van der Waals surface area (Å²) < 4.78 is 5.58. The Morgan fingerprint density at radius 2 is 1.70 bits per heavy atom. The summed E-state index contributed by atoms with van der Waals surface area (Å²) in [6.45, 7) is 13.4. The first-order valence-corrected chi connectivity index (χ1v) is 6.69. The Morgan fingerprint density at radius 3 is 2.10 bits per heavy atom. The number of nitrogens with one attached hydrogen (secondary N) is 1. The monoisotopic (exact) mass is 283 g/mol. The number of carbonyl (C=O) groups is 1. The molecule has 6 heteroatoms. The summed E-state index contributed by atoms with van der Waals surface area (Å²) in [4.78, 5) is 11.3. The summed E-state index contributed by atoms with van der Waals surface area (Å²) in [5.74, 6) is 0.185. The van der Waals surface area contributed by atoms with Crippen molar-refractivity contribution in [2.45, 2.75) is 66.0 Å². The van der Waals surface area contributed by atoms with Gasteiger partial charge in [0.05, 0.1) is 12.0 Å². The highest BCUT2D eigenvalue weighted by atomic mass is 16.4. The van der Waals surface area contributed by atoms with Gasteiger partial charge in [-0.25, -0.2) is 0 Å². The maximum atomic E-state index is 11.3. The van der Waals surface area contributed by atoms with Crippen LogP contribution >= 0.6 is 0 Å². The van der Waals surface area contributed by atoms with Gasteiger partial charge in [0.15, 0.2) is 0 Å². The molecule has 0 radical (unpaired) electrons. The van der Waals surface area contributed by atoms with E-state index in [4.69, 9.17) is 4.42 Å². The lowest BCUT2D eigenvalue weighted by atomic mass is 9.74. The summed E-state index contributed by atoms with van der Waals surface area (Å²) in [5, 5.41) is 20.5. The molecule has 0 saturated heterocycles. The van der Waals surface area contributed by atoms with Gasteiger partial charge in [-0.1, -0.05) is 20.8 Å². The van der Waals surface area contributed by atoms with Crippen LogP contribution in [0.25, 0.3) is 0 Å². The van der Waals surface area contributed by atoms with Crippen molar-refractivity contribution in [3.8, 4) is 0 Å². The predicted octanol–water partition coefficient (Wildman–Crippen LogP) is 2.35. The Balaban J connectivity index is 2.77. The molecular weight excluding hydrogens is 258 g/mol. The van der Waals surface area contributed by atoms with Crippen LogP contribution in [0.4, 0.5) is 0 Å². The minimum Gasteiger partial charge on any atom is -0.481 e. The van der Waals surface area contributed by atoms with Gasteiger partial charge >= 0.3 is 5.97 Å². The predicted molar refractivity (Wildman–Crippen MR) is 75.3 cm³/mol. The first-order chi connectivity index (χ1) is 8.88. The highest BCUT2D eigenvalue weighted by Crippen LogP contribution is 2.31. The third kappa shape index (κ3) is 3.36. The summed E-state index contributed by atoms with van der Waals surface area (Å²) >= 11 is 0. The number of carboxylic acid groups (broad SMARTS) is 1. The van der Waals surface area contributed by atoms with Crippen molar-refractivity contribution >= 4 is 5.97 Å². The Morgan fingerprint density at radius 1 is 1.15 bits per heavy atom. The van der Waals surface area contributed by atoms with Crippen LogP contribution in [-0.4, -0.2) is 26.8 Å². The molecule has 0 aliphatic heterocycles. The minimum absolute atomic E-state index is 0.193. The van der Waals surface area contributed by atoms with Gasteiger partial charge in [0.25, 0.3) is 0 Å². The van der Waals surface area contributed by atoms with Crippen LogP contribution in [0, 0.1) is 5.41 Å². The van der Waals surface area contributed by atoms with Crippen molar-refractivity contribution < 1.29 is 14.3 Å². The normalized spacial score (nSPS) is 13.6. The van der Waals surface area contributed by atoms with E-state index in [1.165, 1.54) is 0 Å². The quantitative estimate of drug-likeness (QED) is 0.862. The number of nitrogens with zero attached hydrogens (tertiary/aromatic N) is 2. The fraction of sp³-hybridized carbons (Fsp3) is 0.786. The first-order valence-electron chi connectivity index (χ1n) is 6.69. The summed E-state index contributed by atoms with van der Waals surface area (Å²) in [7, 11) is 0. The van der Waals surface area contributed by atoms with Crippen molar-refractivity contribution in [2.24, 2.45) is 5.41 Å². The van der Waals surface area contributed by atoms with Crippen LogP contribution in [-0.2, 0) is 16.8 Å². The first kappa shape index (κ1) is 16.6. The van der Waals surface area contributed by atoms with Crippen LogP contribution < -0.4 is 5.32 Å². The highest BCUT2D eigenvalue weighted by molar-refractivity contribution is 5.75. The molecule has 6 nitrogen and oxygen atoms in total. The van der Waals surface area contributed by atoms with Crippen molar-refractivity contribution in [1.29, 1.82) is 0 Å². The summed E-state index contributed by atoms with van der Waals surface area (Å²) in [5.41, 5.74) is -1.73. The molecule has 20 heavy (non-hydrogen) atoms. The molecule has 0 unspecified atom stereocenters. The average molecular weight is 283 g/mol. The van der Waals surface area contributed by atoms with Crippen LogP contribution in [0.5, 0.6) is 0 Å². The van der Waals surface area contributed by atoms with Gasteiger partial charge in [-0.05, 0) is 27.7 Å². The molecule has 114 valence electrons. The van der Waals surface area contributed by atoms with E-state index in [1.807, 2.05) is 34.6 Å². The molecular formula is C14H25N3O3. The van der Waals surface area contributed by atoms with Gasteiger partial charge in [0.2, 0.25) is 11.8 Å². The Bertz CT molecular complexity index is 484. The third-order valence-corrected chi connectivity index (χ3v) is 3.89. The van der Waals surface area contributed by atoms with Gasteiger partial charge in [-0.15, -0.1) is 10.2 Å². The summed E-state index contributed by atoms with van der Waals surface area (Å²) in [6, 6.07) is 0. The number of rotatable bonds is 5. The van der Waals surface area contributed by atoms with E-state index >= 15 is 0 Å². The van der Waals surface area contributed by atoms with Crippen molar-refractivity contribution in [3.63, 3.8) is 0 Å². The van der Waals surface area contributed by atoms with Crippen molar-refractivity contribution in [1.82, 2.24) is 15.5 Å². The molecule has 0 aliphatic carbocycles. The van der Waals surface area contributed by atoms with Crippen molar-refractivity contribution in [3.05, 3.63) is 11.8 Å². The maximum Gasteiger partial charge on any atom is 0.310 e. The van der Waals surface area contributed by atoms with Crippen LogP contribution in [0.2, 0.25) is 0 Å². The largest absolute Gasteiger partial charge is 0.481 e. The van der Waals surface area contributed by atoms with E-state index in [2.05, 4.69) is 15.5 Å². The van der Waals surface area contributed by atoms with E-state index in [9.17, 15) is 9.90 Å². The Labute approximate surface area is 120 Å². The molecule has 1 aromatic heterocycles. The second-order valence-corrected chi connectivity index (χ2v) is 7.16. The van der Waals surface area contributed by atoms with E-state index in [0.29, 0.717) is 18.3 Å². The molecule has 0 aliphatic rings. The second kappa shape index (κ2) is 5.16. The summed E-state index contributed by atoms with van der Waals surface area (Å²) in [6.07, 6.45) is 0. The Hall–Kier alpha value is -1.43. The molecule has 0 amide bonds. The van der Waals surface area contributed by atoms with E-state index in [1.54, 1.807) is 13.8 Å². The molecule has 0 saturated carbocycles. The molecule has 1 rings (SSSR count). The van der Waals surface area contributed by atoms with Crippen molar-refractivity contribution in [2.75, 3.05) is 0 Å². The minimum atomic E-state index is -0.917. The fourth-order valence-corrected chi connectivity index (χ4v) is 1.41. The lowest BCUT2D eigenvalue weighted by molar-refractivity contribution is -0.151. The number of hydrogen-bond donors (Lipinski definition) is 2. The van der Waals surface area contributed by atoms with E-state index in [0.717, 1.165) is 0 Å². The van der Waals surface area contributed by atoms with Crippen LogP contribution in [0.1, 0.15) is 60.2 Å². The zero-order chi connectivity index (χ0) is 15.8. The number of aliphatic carboxylic acids is 1. The standard InChI is InChI=1S/C14H25N3O3/c1-12(2,3)10-17-16-9(20-10)8-15-14(6,7)13(4,5)11(18)19/h15H,8H2,1-7H3,(H,18,19). The van der Waals surface area contributed by atoms with Crippen LogP contribution in [0.15, 0.2) is 4.42 Å². The zero-order valence-corrected chi connectivity index (χ0v) is 13.4. The third-order valence-electron chi connectivity index (χ3n) is 3.89. The lowest BCUT2D eigenvalue weighted by Crippen LogP contribution is -2.54. The molecule has 1 heterocycles. The molecule has 2 N–H and O–H groups in total. The highest BCUT2D eigenvalue weighted by Gasteiger charge is 2.43. The zero-order valence-electron chi connectivity index (χ0n) is 13.4. The molecule has 0 aromatic carbocycles. The Kier molecular flexibility index (Phi) is 4.29. The van der Waals surface area contributed by atoms with Gasteiger partial charge in [0, 0.05) is 11.0 Å². The molecule has 0 bridgehead atoms. The van der Waals surface area contributed by atoms with Gasteiger partial charge in [0.1, 0.15) is 0 Å². The number of carboxylic acids is 1. The molecule has 1 aromatic rings. The van der Waals surface area contributed by atoms with Gasteiger partial charge < -0.3 is 14.8 Å². The molecule has 0 spiro atoms. The second-order valence-electron chi connectivity index (χ2n) is 7.16. The average Bonchev–Trinajstić information content (AvgIpc) is 2.74. The van der Waals surface area contributed by atoms with Gasteiger partial charge in [-0.3, -0.25) is 4.79 Å². The fourth-order valence-electron chi connectivity index (χ4n) is 1.41. The number of aromatic nitrogens is 2. The molecule has 0 fully saturated rings. The topological polar surface area (TPSA) is 88.2 Å². The lowest BCUT2D eigenvalue weighted by Gasteiger charge is -2.38. The van der Waals surface area contributed by atoms with E-state index in [-0.39, 0.29) is 5.41 Å². The van der Waals surface area contributed by atoms with Crippen LogP contribution in [0.3, 0.4) is 0 Å². The van der Waals surface area contributed by atoms with E-state index < -0.39 is 16.9 Å². The molecule has 0 atom stereocenters. The maximum absolute atomic E-state index is 11.3. The SMILES string of the molecule is CC(C)(C)c1nnc(CNC(C)(C)C(C)(C)C(=O)O)o1. The van der Waals surface area contributed by atoms with Gasteiger partial charge in [-0.2, -0.15) is 0 Å².